The molecule has 0 aromatic heterocycles. The number of amides is 2. The maximum Gasteiger partial charge on any atom is 0.244 e. The lowest BCUT2D eigenvalue weighted by Crippen LogP contribution is -2.56. The largest absolute Gasteiger partial charge is 0.350 e. The fourth-order valence-electron chi connectivity index (χ4n) is 4.30. The Morgan fingerprint density at radius 3 is 1.85 bits per heavy atom. The molecule has 3 aromatic carbocycles. The van der Waals surface area contributed by atoms with Crippen LogP contribution in [0.2, 0.25) is 0 Å². The lowest BCUT2D eigenvalue weighted by atomic mass is 10.0. The Kier molecular flexibility index (Phi) is 9.92. The molecule has 0 aliphatic rings. The van der Waals surface area contributed by atoms with E-state index in [1.165, 1.54) is 4.90 Å². The van der Waals surface area contributed by atoms with Gasteiger partial charge in [0.15, 0.2) is 0 Å². The maximum atomic E-state index is 14.0. The van der Waals surface area contributed by atoms with Crippen molar-refractivity contribution in [2.45, 2.75) is 58.7 Å². The molecule has 0 heterocycles. The molecule has 0 spiro atoms. The second-order valence-electron chi connectivity index (χ2n) is 10.7. The number of carbonyl (C=O) groups is 2. The van der Waals surface area contributed by atoms with E-state index in [9.17, 15) is 18.0 Å². The molecule has 0 aliphatic heterocycles. The topological polar surface area (TPSA) is 86.8 Å². The molecule has 3 rings (SSSR count). The van der Waals surface area contributed by atoms with E-state index in [0.717, 1.165) is 33.7 Å². The van der Waals surface area contributed by atoms with Crippen molar-refractivity contribution in [1.29, 1.82) is 0 Å². The molecule has 0 aliphatic carbocycles. The van der Waals surface area contributed by atoms with E-state index in [-0.39, 0.29) is 18.9 Å². The van der Waals surface area contributed by atoms with E-state index >= 15 is 0 Å². The van der Waals surface area contributed by atoms with Crippen LogP contribution < -0.4 is 9.62 Å². The quantitative estimate of drug-likeness (QED) is 0.380. The van der Waals surface area contributed by atoms with Crippen LogP contribution in [-0.2, 0) is 39.0 Å². The number of hydrogen-bond acceptors (Lipinski definition) is 4. The second-order valence-corrected chi connectivity index (χ2v) is 12.6. The van der Waals surface area contributed by atoms with E-state index in [1.807, 2.05) is 100 Å². The third-order valence-corrected chi connectivity index (χ3v) is 7.42. The molecule has 0 saturated carbocycles. The van der Waals surface area contributed by atoms with Crippen molar-refractivity contribution in [3.05, 3.63) is 102 Å². The minimum absolute atomic E-state index is 0.154. The number of hydrogen-bond donors (Lipinski definition) is 1. The molecule has 3 aromatic rings. The van der Waals surface area contributed by atoms with Gasteiger partial charge in [-0.25, -0.2) is 8.42 Å². The van der Waals surface area contributed by atoms with E-state index in [4.69, 9.17) is 0 Å². The molecule has 7 nitrogen and oxygen atoms in total. The highest BCUT2D eigenvalue weighted by molar-refractivity contribution is 7.92. The summed E-state index contributed by atoms with van der Waals surface area (Å²) >= 11 is 0. The van der Waals surface area contributed by atoms with Crippen LogP contribution in [0.1, 0.15) is 44.4 Å². The Balaban J connectivity index is 2.04. The van der Waals surface area contributed by atoms with Gasteiger partial charge in [0, 0.05) is 18.5 Å². The van der Waals surface area contributed by atoms with Gasteiger partial charge < -0.3 is 10.2 Å². The predicted octanol–water partition coefficient (Wildman–Crippen LogP) is 4.57. The van der Waals surface area contributed by atoms with Gasteiger partial charge in [-0.05, 0) is 56.0 Å². The number of nitrogens with zero attached hydrogens (tertiary/aromatic N) is 2. The van der Waals surface area contributed by atoms with Gasteiger partial charge in [-0.2, -0.15) is 0 Å². The molecule has 0 unspecified atom stereocenters. The number of aryl methyl sites for hydroxylation is 1. The Bertz CT molecular complexity index is 1340. The number of carbonyl (C=O) groups excluding carboxylic acids is 2. The first-order chi connectivity index (χ1) is 18.4. The molecule has 39 heavy (non-hydrogen) atoms. The summed E-state index contributed by atoms with van der Waals surface area (Å²) < 4.78 is 26.8. The van der Waals surface area contributed by atoms with Crippen molar-refractivity contribution in [2.75, 3.05) is 17.1 Å². The van der Waals surface area contributed by atoms with Crippen molar-refractivity contribution in [3.63, 3.8) is 0 Å². The average Bonchev–Trinajstić information content (AvgIpc) is 2.88. The van der Waals surface area contributed by atoms with E-state index in [2.05, 4.69) is 5.32 Å². The number of rotatable bonds is 11. The number of benzene rings is 3. The molecule has 8 heteroatoms. The molecule has 1 N–H and O–H groups in total. The summed E-state index contributed by atoms with van der Waals surface area (Å²) in [5.41, 5.74) is 2.68. The minimum atomic E-state index is -3.79. The molecular weight excluding hydrogens is 510 g/mol. The number of nitrogens with one attached hydrogen (secondary N) is 1. The third kappa shape index (κ3) is 8.96. The Labute approximate surface area is 232 Å². The summed E-state index contributed by atoms with van der Waals surface area (Å²) in [5.74, 6) is -0.761. The fourth-order valence-corrected chi connectivity index (χ4v) is 5.15. The molecular formula is C31H39N3O4S. The van der Waals surface area contributed by atoms with Gasteiger partial charge in [0.25, 0.3) is 0 Å². The van der Waals surface area contributed by atoms with Crippen molar-refractivity contribution in [2.24, 2.45) is 0 Å². The average molecular weight is 550 g/mol. The SMILES string of the molecule is CCc1ccc(N(CC(=O)N(Cc2ccccc2)[C@H](Cc2ccccc2)C(=O)NC(C)(C)C)S(C)(=O)=O)cc1. The monoisotopic (exact) mass is 549 g/mol. The molecule has 0 fully saturated rings. The summed E-state index contributed by atoms with van der Waals surface area (Å²) in [6, 6.07) is 25.2. The second kappa shape index (κ2) is 12.9. The zero-order valence-electron chi connectivity index (χ0n) is 23.4. The highest BCUT2D eigenvalue weighted by Crippen LogP contribution is 2.21. The fraction of sp³-hybridized carbons (Fsp3) is 0.355. The molecule has 0 saturated heterocycles. The molecule has 0 radical (unpaired) electrons. The summed E-state index contributed by atoms with van der Waals surface area (Å²) in [6.07, 6.45) is 2.18. The van der Waals surface area contributed by atoms with E-state index in [0.29, 0.717) is 5.69 Å². The minimum Gasteiger partial charge on any atom is -0.350 e. The van der Waals surface area contributed by atoms with Gasteiger partial charge in [-0.3, -0.25) is 13.9 Å². The maximum absolute atomic E-state index is 14.0. The van der Waals surface area contributed by atoms with Crippen LogP contribution in [0.5, 0.6) is 0 Å². The highest BCUT2D eigenvalue weighted by atomic mass is 32.2. The Morgan fingerprint density at radius 1 is 0.821 bits per heavy atom. The van der Waals surface area contributed by atoms with Crippen LogP contribution in [0.4, 0.5) is 5.69 Å². The van der Waals surface area contributed by atoms with Gasteiger partial charge in [-0.1, -0.05) is 79.7 Å². The molecule has 0 bridgehead atoms. The van der Waals surface area contributed by atoms with E-state index < -0.39 is 34.1 Å². The first kappa shape index (κ1) is 29.9. The molecule has 208 valence electrons. The van der Waals surface area contributed by atoms with Crippen molar-refractivity contribution in [1.82, 2.24) is 10.2 Å². The van der Waals surface area contributed by atoms with Gasteiger partial charge in [0.2, 0.25) is 21.8 Å². The number of sulfonamides is 1. The van der Waals surface area contributed by atoms with E-state index in [1.54, 1.807) is 12.1 Å². The van der Waals surface area contributed by atoms with Crippen molar-refractivity contribution in [3.8, 4) is 0 Å². The number of anilines is 1. The first-order valence-electron chi connectivity index (χ1n) is 13.1. The summed E-state index contributed by atoms with van der Waals surface area (Å²) in [7, 11) is -3.79. The highest BCUT2D eigenvalue weighted by Gasteiger charge is 2.34. The van der Waals surface area contributed by atoms with Crippen LogP contribution in [0.15, 0.2) is 84.9 Å². The summed E-state index contributed by atoms with van der Waals surface area (Å²) in [4.78, 5) is 29.2. The van der Waals surface area contributed by atoms with Gasteiger partial charge in [-0.15, -0.1) is 0 Å². The zero-order chi connectivity index (χ0) is 28.6. The van der Waals surface area contributed by atoms with Gasteiger partial charge >= 0.3 is 0 Å². The first-order valence-corrected chi connectivity index (χ1v) is 15.0. The molecule has 2 amide bonds. The van der Waals surface area contributed by atoms with Crippen LogP contribution in [-0.4, -0.2) is 49.5 Å². The lowest BCUT2D eigenvalue weighted by Gasteiger charge is -2.35. The zero-order valence-corrected chi connectivity index (χ0v) is 24.2. The summed E-state index contributed by atoms with van der Waals surface area (Å²) in [6.45, 7) is 7.41. The van der Waals surface area contributed by atoms with Crippen LogP contribution in [0, 0.1) is 0 Å². The predicted molar refractivity (Wildman–Crippen MR) is 157 cm³/mol. The standard InChI is InChI=1S/C31H39N3O4S/c1-6-24-17-19-27(20-18-24)34(39(5,37)38)23-29(35)33(22-26-15-11-8-12-16-26)28(30(36)32-31(2,3)4)21-25-13-9-7-10-14-25/h7-20,28H,6,21-23H2,1-5H3,(H,32,36)/t28-/m1/s1. The van der Waals surface area contributed by atoms with Crippen LogP contribution >= 0.6 is 0 Å². The Hall–Kier alpha value is -3.65. The summed E-state index contributed by atoms with van der Waals surface area (Å²) in [5, 5.41) is 3.02. The van der Waals surface area contributed by atoms with Crippen molar-refractivity contribution >= 4 is 27.5 Å². The Morgan fingerprint density at radius 2 is 1.36 bits per heavy atom. The third-order valence-electron chi connectivity index (χ3n) is 6.28. The normalized spacial score (nSPS) is 12.4. The van der Waals surface area contributed by atoms with Crippen LogP contribution in [0.25, 0.3) is 0 Å². The lowest BCUT2D eigenvalue weighted by molar-refractivity contribution is -0.140. The van der Waals surface area contributed by atoms with Crippen molar-refractivity contribution < 1.29 is 18.0 Å². The molecule has 1 atom stereocenters. The smallest absolute Gasteiger partial charge is 0.244 e. The van der Waals surface area contributed by atoms with Crippen LogP contribution in [0.3, 0.4) is 0 Å². The van der Waals surface area contributed by atoms with Gasteiger partial charge in [0.05, 0.1) is 11.9 Å². The van der Waals surface area contributed by atoms with Gasteiger partial charge in [0.1, 0.15) is 12.6 Å².